The molecule has 3 aromatic rings. The summed E-state index contributed by atoms with van der Waals surface area (Å²) in [6.07, 6.45) is -1.30. The van der Waals surface area contributed by atoms with Gasteiger partial charge in [0.2, 0.25) is 5.91 Å². The molecular weight excluding hydrogens is 392 g/mol. The van der Waals surface area contributed by atoms with Gasteiger partial charge in [-0.05, 0) is 17.7 Å². The summed E-state index contributed by atoms with van der Waals surface area (Å²) >= 11 is 0. The van der Waals surface area contributed by atoms with Crippen molar-refractivity contribution in [2.24, 2.45) is 0 Å². The van der Waals surface area contributed by atoms with E-state index >= 15 is 0 Å². The largest absolute Gasteiger partial charge is 0.497 e. The van der Waals surface area contributed by atoms with Crippen LogP contribution in [0.2, 0.25) is 0 Å². The summed E-state index contributed by atoms with van der Waals surface area (Å²) in [5.74, 6) is 0.678. The van der Waals surface area contributed by atoms with E-state index in [1.165, 1.54) is 17.2 Å². The van der Waals surface area contributed by atoms with Gasteiger partial charge in [0.05, 0.1) is 19.9 Å². The zero-order valence-electron chi connectivity index (χ0n) is 16.2. The lowest BCUT2D eigenvalue weighted by Crippen LogP contribution is -2.40. The number of nitrogens with one attached hydrogen (secondary N) is 1. The van der Waals surface area contributed by atoms with Gasteiger partial charge in [-0.2, -0.15) is 0 Å². The van der Waals surface area contributed by atoms with Crippen molar-refractivity contribution < 1.29 is 24.5 Å². The van der Waals surface area contributed by atoms with Gasteiger partial charge in [0.25, 0.3) is 0 Å². The highest BCUT2D eigenvalue weighted by Gasteiger charge is 2.44. The summed E-state index contributed by atoms with van der Waals surface area (Å²) in [4.78, 5) is 24.4. The first-order chi connectivity index (χ1) is 14.5. The molecule has 1 saturated heterocycles. The third kappa shape index (κ3) is 3.77. The van der Waals surface area contributed by atoms with Crippen molar-refractivity contribution in [1.29, 1.82) is 0 Å². The highest BCUT2D eigenvalue weighted by Crippen LogP contribution is 2.31. The summed E-state index contributed by atoms with van der Waals surface area (Å²) < 4.78 is 12.4. The van der Waals surface area contributed by atoms with Crippen LogP contribution in [-0.4, -0.2) is 67.6 Å². The number of aromatic nitrogens is 4. The van der Waals surface area contributed by atoms with E-state index in [9.17, 15) is 15.0 Å². The molecule has 1 aliphatic heterocycles. The van der Waals surface area contributed by atoms with Crippen LogP contribution in [0.5, 0.6) is 5.75 Å². The van der Waals surface area contributed by atoms with Gasteiger partial charge in [0.15, 0.2) is 17.7 Å². The monoisotopic (exact) mass is 414 g/mol. The van der Waals surface area contributed by atoms with Gasteiger partial charge in [0, 0.05) is 6.54 Å². The van der Waals surface area contributed by atoms with E-state index < -0.39 is 24.5 Å². The van der Waals surface area contributed by atoms with Gasteiger partial charge < -0.3 is 30.7 Å². The van der Waals surface area contributed by atoms with Gasteiger partial charge in [-0.3, -0.25) is 9.36 Å². The Morgan fingerprint density at radius 2 is 2.00 bits per heavy atom. The van der Waals surface area contributed by atoms with E-state index in [0.717, 1.165) is 5.56 Å². The second kappa shape index (κ2) is 8.22. The molecule has 4 atom stereocenters. The van der Waals surface area contributed by atoms with E-state index in [-0.39, 0.29) is 24.7 Å². The number of aliphatic hydroxyl groups excluding tert-OH is 2. The Kier molecular flexibility index (Phi) is 5.48. The van der Waals surface area contributed by atoms with Gasteiger partial charge >= 0.3 is 0 Å². The number of benzene rings is 1. The van der Waals surface area contributed by atoms with Crippen molar-refractivity contribution in [3.63, 3.8) is 0 Å². The number of aliphatic hydroxyl groups is 2. The minimum Gasteiger partial charge on any atom is -0.497 e. The van der Waals surface area contributed by atoms with Crippen molar-refractivity contribution in [2.75, 3.05) is 19.4 Å². The molecule has 2 aromatic heterocycles. The summed E-state index contributed by atoms with van der Waals surface area (Å²) in [7, 11) is 1.57. The molecule has 1 fully saturated rings. The Hall–Kier alpha value is -3.28. The molecule has 0 spiro atoms. The topological polar surface area (TPSA) is 158 Å². The van der Waals surface area contributed by atoms with Gasteiger partial charge in [0.1, 0.15) is 35.9 Å². The summed E-state index contributed by atoms with van der Waals surface area (Å²) in [5, 5.41) is 23.6. The fourth-order valence-corrected chi connectivity index (χ4v) is 3.39. The van der Waals surface area contributed by atoms with Crippen LogP contribution >= 0.6 is 0 Å². The van der Waals surface area contributed by atoms with Gasteiger partial charge in [-0.25, -0.2) is 15.0 Å². The van der Waals surface area contributed by atoms with E-state index in [0.29, 0.717) is 16.9 Å². The second-order valence-corrected chi connectivity index (χ2v) is 6.96. The number of hydrogen-bond donors (Lipinski definition) is 4. The minimum atomic E-state index is -1.23. The number of imidazole rings is 1. The van der Waals surface area contributed by atoms with Crippen LogP contribution in [-0.2, 0) is 16.0 Å². The maximum atomic E-state index is 12.2. The molecule has 3 heterocycles. The molecule has 0 aliphatic carbocycles. The molecule has 4 rings (SSSR count). The number of nitrogen functional groups attached to an aromatic ring is 1. The Balaban J connectivity index is 1.39. The Bertz CT molecular complexity index is 1040. The average molecular weight is 414 g/mol. The van der Waals surface area contributed by atoms with Gasteiger partial charge in [-0.15, -0.1) is 0 Å². The molecule has 0 radical (unpaired) electrons. The molecule has 158 valence electrons. The van der Waals surface area contributed by atoms with E-state index in [4.69, 9.17) is 15.2 Å². The summed E-state index contributed by atoms with van der Waals surface area (Å²) in [5.41, 5.74) is 7.36. The number of carbonyl (C=O) groups excluding carboxylic acids is 1. The highest BCUT2D eigenvalue weighted by molar-refractivity contribution is 5.81. The molecule has 4 unspecified atom stereocenters. The number of anilines is 1. The number of hydrogen-bond acceptors (Lipinski definition) is 9. The number of ether oxygens (including phenoxy) is 2. The summed E-state index contributed by atoms with van der Waals surface area (Å²) in [6.45, 7) is 0.0352. The Morgan fingerprint density at radius 1 is 1.23 bits per heavy atom. The number of rotatable bonds is 6. The maximum absolute atomic E-state index is 12.2. The smallest absolute Gasteiger partial charge is 0.224 e. The quantitative estimate of drug-likeness (QED) is 0.413. The molecule has 1 aromatic carbocycles. The molecule has 0 saturated carbocycles. The third-order valence-corrected chi connectivity index (χ3v) is 5.02. The number of fused-ring (bicyclic) bond motifs is 1. The van der Waals surface area contributed by atoms with Gasteiger partial charge in [-0.1, -0.05) is 12.1 Å². The third-order valence-electron chi connectivity index (χ3n) is 5.02. The van der Waals surface area contributed by atoms with Crippen LogP contribution in [0.1, 0.15) is 11.8 Å². The standard InChI is InChI=1S/C19H22N6O5/c1-29-11-4-2-10(3-5-11)6-13(26)21-7-12-15(27)16(28)19(30-12)25-9-24-14-17(20)22-8-23-18(14)25/h2-5,8-9,12,15-16,19,27-28H,6-7H2,1H3,(H,21,26)(H2,20,22,23). The van der Waals surface area contributed by atoms with Crippen molar-refractivity contribution in [3.8, 4) is 5.75 Å². The zero-order valence-corrected chi connectivity index (χ0v) is 16.2. The minimum absolute atomic E-state index is 0.0352. The van der Waals surface area contributed by atoms with E-state index in [1.54, 1.807) is 31.4 Å². The Labute approximate surface area is 171 Å². The molecule has 0 bridgehead atoms. The predicted molar refractivity (Wildman–Crippen MR) is 105 cm³/mol. The number of nitrogens with two attached hydrogens (primary N) is 1. The SMILES string of the molecule is COc1ccc(CC(=O)NCC2OC(n3cnc4c(N)ncnc43)C(O)C2O)cc1. The molecule has 30 heavy (non-hydrogen) atoms. The van der Waals surface area contributed by atoms with Crippen LogP contribution in [0.3, 0.4) is 0 Å². The summed E-state index contributed by atoms with van der Waals surface area (Å²) in [6, 6.07) is 7.16. The van der Waals surface area contributed by atoms with Crippen LogP contribution in [0.15, 0.2) is 36.9 Å². The molecule has 1 aliphatic rings. The van der Waals surface area contributed by atoms with Crippen molar-refractivity contribution in [1.82, 2.24) is 24.8 Å². The van der Waals surface area contributed by atoms with E-state index in [2.05, 4.69) is 20.3 Å². The van der Waals surface area contributed by atoms with Crippen LogP contribution in [0, 0.1) is 0 Å². The number of carbonyl (C=O) groups is 1. The lowest BCUT2D eigenvalue weighted by molar-refractivity contribution is -0.121. The maximum Gasteiger partial charge on any atom is 0.224 e. The second-order valence-electron chi connectivity index (χ2n) is 6.96. The molecule has 1 amide bonds. The van der Waals surface area contributed by atoms with Crippen molar-refractivity contribution >= 4 is 22.9 Å². The van der Waals surface area contributed by atoms with Crippen LogP contribution in [0.4, 0.5) is 5.82 Å². The highest BCUT2D eigenvalue weighted by atomic mass is 16.6. The normalized spacial score (nSPS) is 23.6. The fraction of sp³-hybridized carbons (Fsp3) is 0.368. The molecule has 5 N–H and O–H groups in total. The van der Waals surface area contributed by atoms with E-state index in [1.807, 2.05) is 0 Å². The predicted octanol–water partition coefficient (Wildman–Crippen LogP) is -0.605. The first kappa shape index (κ1) is 20.0. The first-order valence-electron chi connectivity index (χ1n) is 9.32. The zero-order chi connectivity index (χ0) is 21.3. The van der Waals surface area contributed by atoms with Crippen molar-refractivity contribution in [2.45, 2.75) is 31.0 Å². The van der Waals surface area contributed by atoms with Crippen LogP contribution < -0.4 is 15.8 Å². The molecule has 11 nitrogen and oxygen atoms in total. The molecular formula is C19H22N6O5. The Morgan fingerprint density at radius 3 is 2.73 bits per heavy atom. The lowest BCUT2D eigenvalue weighted by atomic mass is 10.1. The van der Waals surface area contributed by atoms with Crippen molar-refractivity contribution in [3.05, 3.63) is 42.5 Å². The van der Waals surface area contributed by atoms with Crippen LogP contribution in [0.25, 0.3) is 11.2 Å². The lowest BCUT2D eigenvalue weighted by Gasteiger charge is -2.16. The fourth-order valence-electron chi connectivity index (χ4n) is 3.39. The molecule has 11 heteroatoms. The number of amides is 1. The number of methoxy groups -OCH3 is 1. The first-order valence-corrected chi connectivity index (χ1v) is 9.32. The average Bonchev–Trinajstić information content (AvgIpc) is 3.30. The number of nitrogens with zero attached hydrogens (tertiary/aromatic N) is 4.